The molecule has 194 valence electrons. The number of nitrogens with two attached hydrogens (primary N) is 1. The van der Waals surface area contributed by atoms with Crippen molar-refractivity contribution in [1.29, 1.82) is 0 Å². The second-order valence-corrected chi connectivity index (χ2v) is 9.49. The Morgan fingerprint density at radius 1 is 1.33 bits per heavy atom. The molecule has 36 heavy (non-hydrogen) atoms. The maximum atomic E-state index is 13.0. The van der Waals surface area contributed by atoms with Gasteiger partial charge in [0.05, 0.1) is 6.61 Å². The molecule has 0 aliphatic carbocycles. The maximum absolute atomic E-state index is 13.0. The van der Waals surface area contributed by atoms with Gasteiger partial charge in [-0.2, -0.15) is 0 Å². The molecule has 14 nitrogen and oxygen atoms in total. The molecule has 4 N–H and O–H groups in total. The number of amides is 2. The van der Waals surface area contributed by atoms with Gasteiger partial charge in [-0.1, -0.05) is 5.16 Å². The smallest absolute Gasteiger partial charge is 0.352 e. The highest BCUT2D eigenvalue weighted by atomic mass is 32.2. The Balaban J connectivity index is 1.73. The zero-order valence-electron chi connectivity index (χ0n) is 19.2. The summed E-state index contributed by atoms with van der Waals surface area (Å²) in [5, 5.41) is 17.1. The van der Waals surface area contributed by atoms with Crippen LogP contribution in [0.1, 0.15) is 19.0 Å². The normalized spacial score (nSPS) is 19.3. The van der Waals surface area contributed by atoms with Crippen LogP contribution in [0.2, 0.25) is 0 Å². The number of ether oxygens (including phenoxy) is 2. The zero-order chi connectivity index (χ0) is 26.4. The number of nitrogen functional groups attached to an aromatic ring is 1. The quantitative estimate of drug-likeness (QED) is 0.0755. The van der Waals surface area contributed by atoms with Crippen LogP contribution in [0.5, 0.6) is 0 Å². The predicted molar refractivity (Wildman–Crippen MR) is 127 cm³/mol. The monoisotopic (exact) mass is 541 g/mol. The number of oxime groups is 1. The number of carboxylic acid groups (broad SMARTS) is 1. The van der Waals surface area contributed by atoms with Crippen LogP contribution in [0.15, 0.2) is 21.8 Å². The van der Waals surface area contributed by atoms with Crippen LogP contribution in [-0.4, -0.2) is 94.3 Å². The highest BCUT2D eigenvalue weighted by molar-refractivity contribution is 8.00. The van der Waals surface area contributed by atoms with Gasteiger partial charge in [0.2, 0.25) is 0 Å². The highest BCUT2D eigenvalue weighted by Crippen LogP contribution is 2.40. The summed E-state index contributed by atoms with van der Waals surface area (Å²) in [6.07, 6.45) is -0.439. The third-order valence-corrected chi connectivity index (χ3v) is 6.86. The first-order chi connectivity index (χ1) is 17.1. The topological polar surface area (TPSA) is 200 Å². The van der Waals surface area contributed by atoms with E-state index in [9.17, 15) is 29.1 Å². The lowest BCUT2D eigenvalue weighted by Crippen LogP contribution is -2.71. The highest BCUT2D eigenvalue weighted by Gasteiger charge is 2.54. The number of aromatic nitrogens is 1. The maximum Gasteiger partial charge on any atom is 0.352 e. The molecule has 2 aliphatic heterocycles. The van der Waals surface area contributed by atoms with E-state index in [1.54, 1.807) is 0 Å². The fourth-order valence-corrected chi connectivity index (χ4v) is 5.13. The second-order valence-electron chi connectivity index (χ2n) is 7.49. The van der Waals surface area contributed by atoms with Gasteiger partial charge < -0.3 is 30.5 Å². The van der Waals surface area contributed by atoms with E-state index in [0.717, 1.165) is 16.2 Å². The number of hydrogen-bond acceptors (Lipinski definition) is 13. The molecule has 1 saturated heterocycles. The van der Waals surface area contributed by atoms with Gasteiger partial charge in [-0.15, -0.1) is 23.1 Å². The van der Waals surface area contributed by atoms with Gasteiger partial charge in [-0.05, 0) is 6.92 Å². The lowest BCUT2D eigenvalue weighted by molar-refractivity contribution is -0.150. The van der Waals surface area contributed by atoms with E-state index in [1.165, 1.54) is 31.2 Å². The molecule has 0 radical (unpaired) electrons. The molecule has 2 atom stereocenters. The zero-order valence-corrected chi connectivity index (χ0v) is 20.8. The Hall–Kier alpha value is -3.50. The summed E-state index contributed by atoms with van der Waals surface area (Å²) in [5.41, 5.74) is 5.46. The molecule has 2 amide bonds. The first kappa shape index (κ1) is 27.1. The number of β-lactam (4-membered cyclic amide) rings is 1. The first-order valence-corrected chi connectivity index (χ1v) is 12.3. The van der Waals surface area contributed by atoms with Crippen molar-refractivity contribution >= 4 is 63.5 Å². The summed E-state index contributed by atoms with van der Waals surface area (Å²) >= 11 is 2.27. The van der Waals surface area contributed by atoms with E-state index in [4.69, 9.17) is 20.0 Å². The molecular weight excluding hydrogens is 518 g/mol. The largest absolute Gasteiger partial charge is 0.477 e. The van der Waals surface area contributed by atoms with Crippen LogP contribution in [0.4, 0.5) is 5.13 Å². The van der Waals surface area contributed by atoms with Gasteiger partial charge in [-0.3, -0.25) is 24.1 Å². The van der Waals surface area contributed by atoms with Crippen molar-refractivity contribution in [3.8, 4) is 0 Å². The molecule has 3 rings (SSSR count). The van der Waals surface area contributed by atoms with Gasteiger partial charge in [0, 0.05) is 23.8 Å². The molecule has 3 heterocycles. The van der Waals surface area contributed by atoms with E-state index in [2.05, 4.69) is 15.5 Å². The van der Waals surface area contributed by atoms with Gasteiger partial charge in [0.15, 0.2) is 10.8 Å². The number of thioether (sulfide) groups is 1. The SMILES string of the molecule is COCCO/N=C(\C(=O)N[C@@H]1C(=O)N2C(C(=O)O)=C(COC(=O)CC(C)=O)CS[C@@H]12)c1csc(N)n1. The lowest BCUT2D eigenvalue weighted by Gasteiger charge is -2.49. The number of fused-ring (bicyclic) bond motifs is 1. The number of esters is 1. The van der Waals surface area contributed by atoms with Crippen LogP contribution in [0.25, 0.3) is 0 Å². The Kier molecular flexibility index (Phi) is 9.00. The number of rotatable bonds is 12. The number of carboxylic acids is 1. The van der Waals surface area contributed by atoms with E-state index in [0.29, 0.717) is 0 Å². The Morgan fingerprint density at radius 2 is 2.08 bits per heavy atom. The Labute approximate surface area is 212 Å². The second kappa shape index (κ2) is 12.0. The third kappa shape index (κ3) is 6.19. The Morgan fingerprint density at radius 3 is 2.69 bits per heavy atom. The van der Waals surface area contributed by atoms with Crippen molar-refractivity contribution in [2.24, 2.45) is 5.16 Å². The van der Waals surface area contributed by atoms with Crippen molar-refractivity contribution in [1.82, 2.24) is 15.2 Å². The number of methoxy groups -OCH3 is 1. The van der Waals surface area contributed by atoms with Crippen LogP contribution in [-0.2, 0) is 38.3 Å². The number of Topliss-reactive ketones (excluding diaryl/α,β-unsaturated/α-hetero) is 1. The molecule has 0 aromatic carbocycles. The summed E-state index contributed by atoms with van der Waals surface area (Å²) in [6, 6.07) is -1.04. The van der Waals surface area contributed by atoms with E-state index < -0.39 is 47.4 Å². The van der Waals surface area contributed by atoms with Crippen molar-refractivity contribution < 1.29 is 43.4 Å². The van der Waals surface area contributed by atoms with Crippen molar-refractivity contribution in [2.75, 3.05) is 38.4 Å². The average Bonchev–Trinajstić information content (AvgIpc) is 3.25. The van der Waals surface area contributed by atoms with Crippen molar-refractivity contribution in [2.45, 2.75) is 24.8 Å². The number of aliphatic carboxylic acids is 1. The Bertz CT molecular complexity index is 1130. The molecule has 16 heteroatoms. The van der Waals surface area contributed by atoms with Crippen molar-refractivity contribution in [3.05, 3.63) is 22.3 Å². The summed E-state index contributed by atoms with van der Waals surface area (Å²) in [4.78, 5) is 70.6. The fraction of sp³-hybridized carbons (Fsp3) is 0.450. The van der Waals surface area contributed by atoms with Crippen LogP contribution >= 0.6 is 23.1 Å². The number of carbonyl (C=O) groups is 5. The molecular formula is C20H23N5O9S2. The fourth-order valence-electron chi connectivity index (χ4n) is 3.26. The van der Waals surface area contributed by atoms with E-state index in [1.807, 2.05) is 0 Å². The summed E-state index contributed by atoms with van der Waals surface area (Å²) in [6.45, 7) is 1.13. The molecule has 0 bridgehead atoms. The molecule has 0 saturated carbocycles. The number of ketones is 1. The molecule has 0 spiro atoms. The summed E-state index contributed by atoms with van der Waals surface area (Å²) < 4.78 is 9.85. The summed E-state index contributed by atoms with van der Waals surface area (Å²) in [5.74, 6) is -3.88. The standard InChI is InChI=1S/C20H23N5O9S2/c1-9(26)5-12(27)33-6-10-7-35-18-14(17(29)25(18)15(10)19(30)31)23-16(28)13(24-34-4-3-32-2)11-8-36-20(21)22-11/h8,14,18H,3-7H2,1-2H3,(H2,21,22)(H,23,28)(H,30,31)/b24-13-/t14-,18+/m1/s1. The number of thiazole rings is 1. The lowest BCUT2D eigenvalue weighted by atomic mass is 10.0. The predicted octanol–water partition coefficient (Wildman–Crippen LogP) is -0.647. The van der Waals surface area contributed by atoms with Gasteiger partial charge >= 0.3 is 11.9 Å². The van der Waals surface area contributed by atoms with E-state index >= 15 is 0 Å². The minimum Gasteiger partial charge on any atom is -0.477 e. The molecule has 0 unspecified atom stereocenters. The summed E-state index contributed by atoms with van der Waals surface area (Å²) in [7, 11) is 1.47. The van der Waals surface area contributed by atoms with Gasteiger partial charge in [0.25, 0.3) is 11.8 Å². The minimum absolute atomic E-state index is 0.0635. The van der Waals surface area contributed by atoms with Gasteiger partial charge in [-0.25, -0.2) is 9.78 Å². The van der Waals surface area contributed by atoms with Crippen LogP contribution in [0.3, 0.4) is 0 Å². The van der Waals surface area contributed by atoms with E-state index in [-0.39, 0.29) is 53.4 Å². The number of nitrogens with one attached hydrogen (secondary N) is 1. The minimum atomic E-state index is -1.39. The molecule has 1 fully saturated rings. The van der Waals surface area contributed by atoms with Gasteiger partial charge in [0.1, 0.15) is 48.2 Å². The van der Waals surface area contributed by atoms with Crippen LogP contribution in [0, 0.1) is 0 Å². The number of nitrogens with zero attached hydrogens (tertiary/aromatic N) is 3. The van der Waals surface area contributed by atoms with Crippen LogP contribution < -0.4 is 11.1 Å². The van der Waals surface area contributed by atoms with Crippen molar-refractivity contribution in [3.63, 3.8) is 0 Å². The third-order valence-electron chi connectivity index (χ3n) is 4.85. The average molecular weight is 542 g/mol. The molecule has 2 aliphatic rings. The number of carbonyl (C=O) groups excluding carboxylic acids is 4. The number of anilines is 1. The molecule has 1 aromatic rings. The number of hydrogen-bond donors (Lipinski definition) is 3. The molecule has 1 aromatic heterocycles. The first-order valence-electron chi connectivity index (χ1n) is 10.4.